The molecule has 1 aromatic carbocycles. The molecule has 1 saturated heterocycles. The average Bonchev–Trinajstić information content (AvgIpc) is 2.50. The molecule has 0 saturated carbocycles. The minimum absolute atomic E-state index is 0.468. The van der Waals surface area contributed by atoms with Crippen LogP contribution in [0, 0.1) is 0 Å². The SMILES string of the molecule is CCCN1CCN(CC(N)(C(N)=O)c2ccccc2)CC1. The minimum atomic E-state index is -1.12. The maximum atomic E-state index is 11.9. The highest BCUT2D eigenvalue weighted by molar-refractivity contribution is 5.86. The molecule has 4 N–H and O–H groups in total. The molecule has 0 bridgehead atoms. The minimum Gasteiger partial charge on any atom is -0.368 e. The van der Waals surface area contributed by atoms with Crippen LogP contribution in [0.1, 0.15) is 18.9 Å². The van der Waals surface area contributed by atoms with E-state index in [9.17, 15) is 4.79 Å². The van der Waals surface area contributed by atoms with Gasteiger partial charge in [-0.15, -0.1) is 0 Å². The standard InChI is InChI=1S/C16H26N4O/c1-2-8-19-9-11-20(12-10-19)13-16(18,15(17)21)14-6-4-3-5-7-14/h3-7H,2,8-13,18H2,1H3,(H2,17,21). The molecule has 1 aromatic rings. The number of nitrogens with two attached hydrogens (primary N) is 2. The van der Waals surface area contributed by atoms with E-state index in [0.717, 1.165) is 38.3 Å². The molecule has 21 heavy (non-hydrogen) atoms. The van der Waals surface area contributed by atoms with E-state index < -0.39 is 11.4 Å². The Balaban J connectivity index is 2.03. The predicted molar refractivity (Wildman–Crippen MR) is 84.7 cm³/mol. The summed E-state index contributed by atoms with van der Waals surface area (Å²) in [5, 5.41) is 0. The normalized spacial score (nSPS) is 20.1. The Kier molecular flexibility index (Phi) is 5.33. The molecule has 0 aromatic heterocycles. The first-order valence-electron chi connectivity index (χ1n) is 7.65. The highest BCUT2D eigenvalue weighted by Crippen LogP contribution is 2.20. The smallest absolute Gasteiger partial charge is 0.243 e. The van der Waals surface area contributed by atoms with Crippen molar-refractivity contribution in [1.29, 1.82) is 0 Å². The van der Waals surface area contributed by atoms with E-state index in [4.69, 9.17) is 11.5 Å². The number of carbonyl (C=O) groups is 1. The van der Waals surface area contributed by atoms with Gasteiger partial charge in [-0.2, -0.15) is 0 Å². The Morgan fingerprint density at radius 1 is 1.14 bits per heavy atom. The molecule has 5 nitrogen and oxygen atoms in total. The first-order chi connectivity index (χ1) is 10.1. The number of nitrogens with zero attached hydrogens (tertiary/aromatic N) is 2. The topological polar surface area (TPSA) is 75.6 Å². The molecule has 1 amide bonds. The van der Waals surface area contributed by atoms with Gasteiger partial charge in [-0.1, -0.05) is 37.3 Å². The van der Waals surface area contributed by atoms with Gasteiger partial charge in [-0.05, 0) is 18.5 Å². The molecule has 1 fully saturated rings. The van der Waals surface area contributed by atoms with Crippen LogP contribution in [-0.2, 0) is 10.3 Å². The lowest BCUT2D eigenvalue weighted by molar-refractivity contribution is -0.124. The van der Waals surface area contributed by atoms with Crippen LogP contribution in [-0.4, -0.2) is 55.0 Å². The predicted octanol–water partition coefficient (Wildman–Crippen LogP) is 0.354. The van der Waals surface area contributed by atoms with Crippen LogP contribution in [0.25, 0.3) is 0 Å². The molecule has 0 spiro atoms. The van der Waals surface area contributed by atoms with Gasteiger partial charge in [0, 0.05) is 32.7 Å². The van der Waals surface area contributed by atoms with E-state index in [0.29, 0.717) is 6.54 Å². The van der Waals surface area contributed by atoms with Crippen molar-refractivity contribution in [2.45, 2.75) is 18.9 Å². The largest absolute Gasteiger partial charge is 0.368 e. The zero-order chi connectivity index (χ0) is 15.3. The molecule has 5 heteroatoms. The summed E-state index contributed by atoms with van der Waals surface area (Å²) in [7, 11) is 0. The third-order valence-corrected chi connectivity index (χ3v) is 4.21. The van der Waals surface area contributed by atoms with Gasteiger partial charge < -0.3 is 16.4 Å². The number of hydrogen-bond donors (Lipinski definition) is 2. The quantitative estimate of drug-likeness (QED) is 0.793. The summed E-state index contributed by atoms with van der Waals surface area (Å²) in [5.41, 5.74) is 11.6. The van der Waals surface area contributed by atoms with E-state index in [1.165, 1.54) is 6.42 Å². The van der Waals surface area contributed by atoms with Gasteiger partial charge >= 0.3 is 0 Å². The van der Waals surface area contributed by atoms with Gasteiger partial charge in [0.05, 0.1) is 0 Å². The molecule has 2 rings (SSSR count). The Hall–Kier alpha value is -1.43. The summed E-state index contributed by atoms with van der Waals surface area (Å²) in [6.45, 7) is 7.72. The van der Waals surface area contributed by atoms with E-state index in [1.54, 1.807) is 0 Å². The number of benzene rings is 1. The molecule has 0 aliphatic carbocycles. The van der Waals surface area contributed by atoms with Gasteiger partial charge in [0.1, 0.15) is 5.54 Å². The number of piperazine rings is 1. The van der Waals surface area contributed by atoms with Crippen LogP contribution >= 0.6 is 0 Å². The molecule has 1 heterocycles. The van der Waals surface area contributed by atoms with Crippen molar-refractivity contribution in [2.24, 2.45) is 11.5 Å². The Morgan fingerprint density at radius 3 is 2.24 bits per heavy atom. The van der Waals surface area contributed by atoms with Crippen LogP contribution in [0.3, 0.4) is 0 Å². The third-order valence-electron chi connectivity index (χ3n) is 4.21. The third kappa shape index (κ3) is 3.81. The fourth-order valence-electron chi connectivity index (χ4n) is 2.89. The Bertz CT molecular complexity index is 457. The molecule has 1 aliphatic rings. The number of carbonyl (C=O) groups excluding carboxylic acids is 1. The number of primary amides is 1. The molecule has 116 valence electrons. The van der Waals surface area contributed by atoms with Crippen LogP contribution in [0.4, 0.5) is 0 Å². The number of hydrogen-bond acceptors (Lipinski definition) is 4. The molecule has 1 atom stereocenters. The van der Waals surface area contributed by atoms with Crippen molar-refractivity contribution < 1.29 is 4.79 Å². The first kappa shape index (κ1) is 15.9. The molecule has 1 aliphatic heterocycles. The molecular weight excluding hydrogens is 264 g/mol. The average molecular weight is 290 g/mol. The first-order valence-corrected chi connectivity index (χ1v) is 7.65. The maximum absolute atomic E-state index is 11.9. The van der Waals surface area contributed by atoms with Crippen molar-refractivity contribution in [3.63, 3.8) is 0 Å². The summed E-state index contributed by atoms with van der Waals surface area (Å²) in [6, 6.07) is 9.43. The zero-order valence-electron chi connectivity index (χ0n) is 12.8. The van der Waals surface area contributed by atoms with Crippen LogP contribution in [0.2, 0.25) is 0 Å². The molecule has 1 unspecified atom stereocenters. The van der Waals surface area contributed by atoms with Gasteiger partial charge in [0.15, 0.2) is 0 Å². The van der Waals surface area contributed by atoms with Crippen molar-refractivity contribution in [3.05, 3.63) is 35.9 Å². The highest BCUT2D eigenvalue weighted by atomic mass is 16.1. The van der Waals surface area contributed by atoms with Crippen LogP contribution in [0.15, 0.2) is 30.3 Å². The lowest BCUT2D eigenvalue weighted by Gasteiger charge is -2.39. The summed E-state index contributed by atoms with van der Waals surface area (Å²) in [5.74, 6) is -0.468. The fraction of sp³-hybridized carbons (Fsp3) is 0.562. The van der Waals surface area contributed by atoms with Crippen LogP contribution < -0.4 is 11.5 Å². The molecule has 0 radical (unpaired) electrons. The summed E-state index contributed by atoms with van der Waals surface area (Å²) < 4.78 is 0. The second-order valence-electron chi connectivity index (χ2n) is 5.82. The number of rotatable bonds is 6. The van der Waals surface area contributed by atoms with Gasteiger partial charge in [0.25, 0.3) is 0 Å². The van der Waals surface area contributed by atoms with Gasteiger partial charge in [0.2, 0.25) is 5.91 Å². The van der Waals surface area contributed by atoms with Gasteiger partial charge in [-0.25, -0.2) is 0 Å². The highest BCUT2D eigenvalue weighted by Gasteiger charge is 2.36. The summed E-state index contributed by atoms with van der Waals surface area (Å²) in [4.78, 5) is 16.6. The second kappa shape index (κ2) is 7.02. The summed E-state index contributed by atoms with van der Waals surface area (Å²) in [6.07, 6.45) is 1.17. The number of amides is 1. The van der Waals surface area contributed by atoms with E-state index >= 15 is 0 Å². The van der Waals surface area contributed by atoms with E-state index in [2.05, 4.69) is 16.7 Å². The van der Waals surface area contributed by atoms with Gasteiger partial charge in [-0.3, -0.25) is 9.69 Å². The lowest BCUT2D eigenvalue weighted by atomic mass is 9.89. The maximum Gasteiger partial charge on any atom is 0.243 e. The fourth-order valence-corrected chi connectivity index (χ4v) is 2.89. The van der Waals surface area contributed by atoms with Crippen molar-refractivity contribution in [1.82, 2.24) is 9.80 Å². The molecular formula is C16H26N4O. The van der Waals surface area contributed by atoms with E-state index in [-0.39, 0.29) is 0 Å². The van der Waals surface area contributed by atoms with Crippen molar-refractivity contribution >= 4 is 5.91 Å². The second-order valence-corrected chi connectivity index (χ2v) is 5.82. The Morgan fingerprint density at radius 2 is 1.71 bits per heavy atom. The zero-order valence-corrected chi connectivity index (χ0v) is 12.8. The van der Waals surface area contributed by atoms with E-state index in [1.807, 2.05) is 30.3 Å². The van der Waals surface area contributed by atoms with Crippen LogP contribution in [0.5, 0.6) is 0 Å². The lowest BCUT2D eigenvalue weighted by Crippen LogP contribution is -2.59. The summed E-state index contributed by atoms with van der Waals surface area (Å²) >= 11 is 0. The van der Waals surface area contributed by atoms with Crippen molar-refractivity contribution in [3.8, 4) is 0 Å². The monoisotopic (exact) mass is 290 g/mol. The van der Waals surface area contributed by atoms with Crippen molar-refractivity contribution in [2.75, 3.05) is 39.3 Å². The Labute approximate surface area is 126 Å².